The van der Waals surface area contributed by atoms with E-state index in [9.17, 15) is 5.11 Å². The molecule has 2 aromatic rings. The summed E-state index contributed by atoms with van der Waals surface area (Å²) in [5.41, 5.74) is 2.53. The molecule has 78 valence electrons. The maximum Gasteiger partial charge on any atom is 0.0853 e. The molecule has 0 bridgehead atoms. The second-order valence-corrected chi connectivity index (χ2v) is 4.59. The van der Waals surface area contributed by atoms with Crippen LogP contribution >= 0.6 is 22.9 Å². The SMILES string of the molecule is OC(Cc1cncs1)c1ccccc1Cl. The van der Waals surface area contributed by atoms with Gasteiger partial charge in [-0.3, -0.25) is 4.98 Å². The molecule has 15 heavy (non-hydrogen) atoms. The van der Waals surface area contributed by atoms with Crippen LogP contribution in [0.4, 0.5) is 0 Å². The molecule has 0 spiro atoms. The minimum atomic E-state index is -0.556. The van der Waals surface area contributed by atoms with E-state index in [2.05, 4.69) is 4.98 Å². The quantitative estimate of drug-likeness (QED) is 0.893. The van der Waals surface area contributed by atoms with E-state index in [-0.39, 0.29) is 0 Å². The molecule has 1 heterocycles. The normalized spacial score (nSPS) is 12.7. The summed E-state index contributed by atoms with van der Waals surface area (Å²) in [5.74, 6) is 0. The lowest BCUT2D eigenvalue weighted by Gasteiger charge is -2.10. The fourth-order valence-electron chi connectivity index (χ4n) is 1.39. The lowest BCUT2D eigenvalue weighted by molar-refractivity contribution is 0.179. The Hall–Kier alpha value is -0.900. The minimum absolute atomic E-state index is 0.556. The molecule has 2 nitrogen and oxygen atoms in total. The highest BCUT2D eigenvalue weighted by atomic mass is 35.5. The van der Waals surface area contributed by atoms with Crippen molar-refractivity contribution in [3.8, 4) is 0 Å². The molecule has 0 radical (unpaired) electrons. The lowest BCUT2D eigenvalue weighted by Crippen LogP contribution is -2.01. The van der Waals surface area contributed by atoms with E-state index in [1.165, 1.54) is 11.3 Å². The van der Waals surface area contributed by atoms with Gasteiger partial charge >= 0.3 is 0 Å². The Kier molecular flexibility index (Phi) is 3.36. The second kappa shape index (κ2) is 4.75. The first-order valence-electron chi connectivity index (χ1n) is 4.57. The number of nitrogens with zero attached hydrogens (tertiary/aromatic N) is 1. The highest BCUT2D eigenvalue weighted by Crippen LogP contribution is 2.26. The number of aromatic nitrogens is 1. The van der Waals surface area contributed by atoms with Gasteiger partial charge in [-0.2, -0.15) is 0 Å². The summed E-state index contributed by atoms with van der Waals surface area (Å²) in [6.07, 6.45) is 1.78. The van der Waals surface area contributed by atoms with E-state index in [0.29, 0.717) is 11.4 Å². The van der Waals surface area contributed by atoms with Gasteiger partial charge in [0.25, 0.3) is 0 Å². The molecular formula is C11H10ClNOS. The summed E-state index contributed by atoms with van der Waals surface area (Å²) < 4.78 is 0. The van der Waals surface area contributed by atoms with Gasteiger partial charge in [0.15, 0.2) is 0 Å². The van der Waals surface area contributed by atoms with Crippen molar-refractivity contribution in [3.63, 3.8) is 0 Å². The number of hydrogen-bond acceptors (Lipinski definition) is 3. The van der Waals surface area contributed by atoms with Gasteiger partial charge in [0, 0.05) is 22.5 Å². The van der Waals surface area contributed by atoms with Crippen LogP contribution in [0.1, 0.15) is 16.5 Å². The van der Waals surface area contributed by atoms with Gasteiger partial charge in [-0.1, -0.05) is 29.8 Å². The van der Waals surface area contributed by atoms with Crippen molar-refractivity contribution < 1.29 is 5.11 Å². The first kappa shape index (κ1) is 10.6. The Labute approximate surface area is 97.2 Å². The highest BCUT2D eigenvalue weighted by molar-refractivity contribution is 7.09. The van der Waals surface area contributed by atoms with Crippen LogP contribution in [0.2, 0.25) is 5.02 Å². The molecule has 1 aromatic carbocycles. The van der Waals surface area contributed by atoms with Gasteiger partial charge in [0.05, 0.1) is 11.6 Å². The summed E-state index contributed by atoms with van der Waals surface area (Å²) in [5, 5.41) is 10.6. The number of aliphatic hydroxyl groups is 1. The smallest absolute Gasteiger partial charge is 0.0853 e. The van der Waals surface area contributed by atoms with Gasteiger partial charge in [-0.05, 0) is 11.6 Å². The van der Waals surface area contributed by atoms with Crippen LogP contribution in [0, 0.1) is 0 Å². The van der Waals surface area contributed by atoms with Crippen molar-refractivity contribution in [2.45, 2.75) is 12.5 Å². The Balaban J connectivity index is 2.15. The average Bonchev–Trinajstić information content (AvgIpc) is 2.71. The Morgan fingerprint density at radius 2 is 2.20 bits per heavy atom. The number of benzene rings is 1. The van der Waals surface area contributed by atoms with Crippen LogP contribution in [0.15, 0.2) is 36.0 Å². The molecule has 0 amide bonds. The predicted molar refractivity (Wildman–Crippen MR) is 62.2 cm³/mol. The van der Waals surface area contributed by atoms with E-state index in [1.807, 2.05) is 18.2 Å². The predicted octanol–water partition coefficient (Wildman–Crippen LogP) is 3.07. The lowest BCUT2D eigenvalue weighted by atomic mass is 10.1. The zero-order valence-electron chi connectivity index (χ0n) is 7.93. The van der Waals surface area contributed by atoms with E-state index in [1.54, 1.807) is 17.8 Å². The molecule has 0 saturated heterocycles. The maximum absolute atomic E-state index is 9.97. The number of hydrogen-bond donors (Lipinski definition) is 1. The number of rotatable bonds is 3. The Morgan fingerprint density at radius 1 is 1.40 bits per heavy atom. The van der Waals surface area contributed by atoms with Crippen LogP contribution in [-0.4, -0.2) is 10.1 Å². The van der Waals surface area contributed by atoms with Gasteiger partial charge in [-0.15, -0.1) is 11.3 Å². The zero-order valence-corrected chi connectivity index (χ0v) is 9.50. The van der Waals surface area contributed by atoms with Crippen LogP contribution in [-0.2, 0) is 6.42 Å². The van der Waals surface area contributed by atoms with Gasteiger partial charge in [0.1, 0.15) is 0 Å². The number of halogens is 1. The molecule has 2 rings (SSSR count). The Bertz CT molecular complexity index is 430. The first-order valence-corrected chi connectivity index (χ1v) is 5.83. The summed E-state index contributed by atoms with van der Waals surface area (Å²) in [6.45, 7) is 0. The summed E-state index contributed by atoms with van der Waals surface area (Å²) in [6, 6.07) is 7.35. The van der Waals surface area contributed by atoms with Crippen LogP contribution in [0.3, 0.4) is 0 Å². The molecule has 4 heteroatoms. The summed E-state index contributed by atoms with van der Waals surface area (Å²) >= 11 is 7.52. The molecule has 0 aliphatic carbocycles. The second-order valence-electron chi connectivity index (χ2n) is 3.21. The molecule has 0 aliphatic heterocycles. The molecule has 1 N–H and O–H groups in total. The monoisotopic (exact) mass is 239 g/mol. The van der Waals surface area contributed by atoms with Crippen LogP contribution < -0.4 is 0 Å². The molecule has 1 unspecified atom stereocenters. The molecular weight excluding hydrogens is 230 g/mol. The standard InChI is InChI=1S/C11H10ClNOS/c12-10-4-2-1-3-9(10)11(14)5-8-6-13-7-15-8/h1-4,6-7,11,14H,5H2. The third-order valence-electron chi connectivity index (χ3n) is 2.14. The molecule has 0 fully saturated rings. The van der Waals surface area contributed by atoms with Crippen molar-refractivity contribution in [3.05, 3.63) is 51.4 Å². The van der Waals surface area contributed by atoms with Gasteiger partial charge < -0.3 is 5.11 Å². The van der Waals surface area contributed by atoms with E-state index in [0.717, 1.165) is 10.4 Å². The zero-order chi connectivity index (χ0) is 10.7. The summed E-state index contributed by atoms with van der Waals surface area (Å²) in [7, 11) is 0. The van der Waals surface area contributed by atoms with E-state index >= 15 is 0 Å². The van der Waals surface area contributed by atoms with Crippen molar-refractivity contribution in [2.75, 3.05) is 0 Å². The maximum atomic E-state index is 9.97. The fraction of sp³-hybridized carbons (Fsp3) is 0.182. The third kappa shape index (κ3) is 2.56. The largest absolute Gasteiger partial charge is 0.388 e. The van der Waals surface area contributed by atoms with E-state index < -0.39 is 6.10 Å². The molecule has 1 aromatic heterocycles. The molecule has 0 aliphatic rings. The van der Waals surface area contributed by atoms with E-state index in [4.69, 9.17) is 11.6 Å². The van der Waals surface area contributed by atoms with Crippen molar-refractivity contribution in [2.24, 2.45) is 0 Å². The van der Waals surface area contributed by atoms with Gasteiger partial charge in [-0.25, -0.2) is 0 Å². The average molecular weight is 240 g/mol. The van der Waals surface area contributed by atoms with Crippen LogP contribution in [0.25, 0.3) is 0 Å². The number of thiazole rings is 1. The number of aliphatic hydroxyl groups excluding tert-OH is 1. The fourth-order valence-corrected chi connectivity index (χ4v) is 2.28. The van der Waals surface area contributed by atoms with Crippen molar-refractivity contribution in [1.82, 2.24) is 4.98 Å². The molecule has 1 atom stereocenters. The van der Waals surface area contributed by atoms with Gasteiger partial charge in [0.2, 0.25) is 0 Å². The van der Waals surface area contributed by atoms with Crippen LogP contribution in [0.5, 0.6) is 0 Å². The summed E-state index contributed by atoms with van der Waals surface area (Å²) in [4.78, 5) is 5.02. The van der Waals surface area contributed by atoms with Crippen molar-refractivity contribution in [1.29, 1.82) is 0 Å². The Morgan fingerprint density at radius 3 is 2.87 bits per heavy atom. The highest BCUT2D eigenvalue weighted by Gasteiger charge is 2.12. The third-order valence-corrected chi connectivity index (χ3v) is 3.29. The topological polar surface area (TPSA) is 33.1 Å². The van der Waals surface area contributed by atoms with Crippen molar-refractivity contribution >= 4 is 22.9 Å². The first-order chi connectivity index (χ1) is 7.27. The molecule has 0 saturated carbocycles. The minimum Gasteiger partial charge on any atom is -0.388 e.